The first-order chi connectivity index (χ1) is 6.29. The van der Waals surface area contributed by atoms with Gasteiger partial charge < -0.3 is 10.1 Å². The Hall–Kier alpha value is -0.990. The van der Waals surface area contributed by atoms with Crippen molar-refractivity contribution in [1.82, 2.24) is 4.98 Å². The van der Waals surface area contributed by atoms with Gasteiger partial charge in [-0.15, -0.1) is 0 Å². The Balaban J connectivity index is 2.49. The van der Waals surface area contributed by atoms with Crippen molar-refractivity contribution in [3.05, 3.63) is 35.0 Å². The lowest BCUT2D eigenvalue weighted by atomic mass is 10.2. The quantitative estimate of drug-likeness (QED) is 0.759. The molecule has 0 aliphatic heterocycles. The molecule has 0 saturated carbocycles. The van der Waals surface area contributed by atoms with Gasteiger partial charge in [0, 0.05) is 29.3 Å². The van der Waals surface area contributed by atoms with E-state index in [0.29, 0.717) is 6.42 Å². The van der Waals surface area contributed by atoms with Crippen LogP contribution in [0.25, 0.3) is 10.9 Å². The van der Waals surface area contributed by atoms with Crippen LogP contribution in [0.4, 0.5) is 0 Å². The van der Waals surface area contributed by atoms with Crippen LogP contribution < -0.4 is 0 Å². The van der Waals surface area contributed by atoms with Gasteiger partial charge in [0.15, 0.2) is 0 Å². The maximum atomic E-state index is 8.75. The summed E-state index contributed by atoms with van der Waals surface area (Å²) in [6.45, 7) is 0.167. The van der Waals surface area contributed by atoms with Gasteiger partial charge in [0.05, 0.1) is 0 Å². The molecule has 1 aromatic carbocycles. The van der Waals surface area contributed by atoms with E-state index in [-0.39, 0.29) is 6.61 Å². The second-order valence-electron chi connectivity index (χ2n) is 3.00. The van der Waals surface area contributed by atoms with Crippen LogP contribution in [0.15, 0.2) is 24.3 Å². The molecule has 1 heterocycles. The van der Waals surface area contributed by atoms with Crippen molar-refractivity contribution in [2.45, 2.75) is 6.42 Å². The Kier molecular flexibility index (Phi) is 2.25. The molecule has 0 aliphatic rings. The van der Waals surface area contributed by atoms with Crippen LogP contribution in [-0.2, 0) is 6.42 Å². The minimum Gasteiger partial charge on any atom is -0.396 e. The van der Waals surface area contributed by atoms with E-state index in [9.17, 15) is 0 Å². The molecular formula is C10H10ClNO. The highest BCUT2D eigenvalue weighted by Crippen LogP contribution is 2.19. The number of aromatic amines is 1. The number of aliphatic hydroxyl groups excluding tert-OH is 1. The lowest BCUT2D eigenvalue weighted by molar-refractivity contribution is 0.298. The van der Waals surface area contributed by atoms with Crippen molar-refractivity contribution in [1.29, 1.82) is 0 Å². The highest BCUT2D eigenvalue weighted by molar-refractivity contribution is 6.31. The average molecular weight is 196 g/mol. The number of nitrogens with one attached hydrogen (secondary N) is 1. The second-order valence-corrected chi connectivity index (χ2v) is 3.44. The van der Waals surface area contributed by atoms with Crippen molar-refractivity contribution in [3.63, 3.8) is 0 Å². The van der Waals surface area contributed by atoms with Crippen LogP contribution in [0, 0.1) is 0 Å². The monoisotopic (exact) mass is 195 g/mol. The van der Waals surface area contributed by atoms with E-state index in [4.69, 9.17) is 16.7 Å². The number of fused-ring (bicyclic) bond motifs is 1. The normalized spacial score (nSPS) is 10.9. The molecule has 0 aliphatic carbocycles. The van der Waals surface area contributed by atoms with Gasteiger partial charge in [0.1, 0.15) is 0 Å². The van der Waals surface area contributed by atoms with Crippen LogP contribution in [0.3, 0.4) is 0 Å². The van der Waals surface area contributed by atoms with Gasteiger partial charge in [0.25, 0.3) is 0 Å². The predicted molar refractivity (Wildman–Crippen MR) is 54.1 cm³/mol. The summed E-state index contributed by atoms with van der Waals surface area (Å²) in [5.74, 6) is 0. The van der Waals surface area contributed by atoms with E-state index in [1.165, 1.54) is 0 Å². The zero-order chi connectivity index (χ0) is 9.26. The molecule has 2 aromatic rings. The molecule has 2 N–H and O–H groups in total. The van der Waals surface area contributed by atoms with Gasteiger partial charge in [0.2, 0.25) is 0 Å². The fourth-order valence-corrected chi connectivity index (χ4v) is 1.59. The Morgan fingerprint density at radius 3 is 2.92 bits per heavy atom. The number of halogens is 1. The van der Waals surface area contributed by atoms with Crippen molar-refractivity contribution < 1.29 is 5.11 Å². The van der Waals surface area contributed by atoms with E-state index < -0.39 is 0 Å². The molecule has 2 rings (SSSR count). The van der Waals surface area contributed by atoms with Gasteiger partial charge in [-0.1, -0.05) is 17.7 Å². The summed E-state index contributed by atoms with van der Waals surface area (Å²) >= 11 is 5.84. The molecule has 0 fully saturated rings. The number of rotatable bonds is 2. The van der Waals surface area contributed by atoms with Crippen LogP contribution in [0.5, 0.6) is 0 Å². The molecule has 0 atom stereocenters. The molecule has 0 unspecified atom stereocenters. The maximum absolute atomic E-state index is 8.75. The summed E-state index contributed by atoms with van der Waals surface area (Å²) < 4.78 is 0. The highest BCUT2D eigenvalue weighted by atomic mass is 35.5. The van der Waals surface area contributed by atoms with Crippen molar-refractivity contribution in [2.75, 3.05) is 6.61 Å². The maximum Gasteiger partial charge on any atom is 0.0485 e. The van der Waals surface area contributed by atoms with E-state index in [2.05, 4.69) is 4.98 Å². The molecule has 1 aromatic heterocycles. The van der Waals surface area contributed by atoms with E-state index in [0.717, 1.165) is 21.6 Å². The summed E-state index contributed by atoms with van der Waals surface area (Å²) in [5, 5.41) is 10.6. The zero-order valence-corrected chi connectivity index (χ0v) is 7.80. The molecule has 2 nitrogen and oxygen atoms in total. The molecule has 0 saturated heterocycles. The largest absolute Gasteiger partial charge is 0.396 e. The Labute approximate surface area is 81.1 Å². The molecule has 0 amide bonds. The molecule has 0 radical (unpaired) electrons. The van der Waals surface area contributed by atoms with E-state index in [1.807, 2.05) is 24.3 Å². The third kappa shape index (κ3) is 1.69. The third-order valence-electron chi connectivity index (χ3n) is 2.02. The van der Waals surface area contributed by atoms with Crippen LogP contribution in [-0.4, -0.2) is 16.7 Å². The van der Waals surface area contributed by atoms with Gasteiger partial charge >= 0.3 is 0 Å². The van der Waals surface area contributed by atoms with Gasteiger partial charge in [-0.2, -0.15) is 0 Å². The lowest BCUT2D eigenvalue weighted by Gasteiger charge is -1.90. The number of hydrogen-bond acceptors (Lipinski definition) is 1. The third-order valence-corrected chi connectivity index (χ3v) is 2.26. The minimum atomic E-state index is 0.167. The first kappa shape index (κ1) is 8.60. The summed E-state index contributed by atoms with van der Waals surface area (Å²) in [4.78, 5) is 3.19. The van der Waals surface area contributed by atoms with E-state index in [1.54, 1.807) is 0 Å². The molecular weight excluding hydrogens is 186 g/mol. The summed E-state index contributed by atoms with van der Waals surface area (Å²) in [7, 11) is 0. The Morgan fingerprint density at radius 2 is 2.15 bits per heavy atom. The van der Waals surface area contributed by atoms with E-state index >= 15 is 0 Å². The Morgan fingerprint density at radius 1 is 1.31 bits per heavy atom. The van der Waals surface area contributed by atoms with Crippen molar-refractivity contribution >= 4 is 22.5 Å². The fourth-order valence-electron chi connectivity index (χ4n) is 1.41. The molecule has 13 heavy (non-hydrogen) atoms. The zero-order valence-electron chi connectivity index (χ0n) is 7.05. The van der Waals surface area contributed by atoms with Gasteiger partial charge in [-0.3, -0.25) is 0 Å². The fraction of sp³-hybridized carbons (Fsp3) is 0.200. The lowest BCUT2D eigenvalue weighted by Crippen LogP contribution is -1.88. The smallest absolute Gasteiger partial charge is 0.0485 e. The number of benzene rings is 1. The number of aliphatic hydroxyl groups is 1. The standard InChI is InChI=1S/C10H10ClNO/c11-8-2-1-7-5-9(3-4-13)12-10(7)6-8/h1-2,5-6,12-13H,3-4H2. The average Bonchev–Trinajstić information content (AvgIpc) is 2.46. The summed E-state index contributed by atoms with van der Waals surface area (Å²) in [6.07, 6.45) is 0.659. The summed E-state index contributed by atoms with van der Waals surface area (Å²) in [6, 6.07) is 7.75. The molecule has 68 valence electrons. The number of hydrogen-bond donors (Lipinski definition) is 2. The predicted octanol–water partition coefficient (Wildman–Crippen LogP) is 2.36. The van der Waals surface area contributed by atoms with Crippen molar-refractivity contribution in [2.24, 2.45) is 0 Å². The second kappa shape index (κ2) is 3.40. The first-order valence-electron chi connectivity index (χ1n) is 4.17. The molecule has 3 heteroatoms. The summed E-state index contributed by atoms with van der Waals surface area (Å²) in [5.41, 5.74) is 2.07. The first-order valence-corrected chi connectivity index (χ1v) is 4.55. The highest BCUT2D eigenvalue weighted by Gasteiger charge is 2.00. The number of H-pyrrole nitrogens is 1. The van der Waals surface area contributed by atoms with Crippen LogP contribution in [0.1, 0.15) is 5.69 Å². The van der Waals surface area contributed by atoms with Gasteiger partial charge in [-0.05, 0) is 23.6 Å². The SMILES string of the molecule is OCCc1cc2ccc(Cl)cc2[nH]1. The van der Waals surface area contributed by atoms with Crippen molar-refractivity contribution in [3.8, 4) is 0 Å². The molecule has 0 bridgehead atoms. The topological polar surface area (TPSA) is 36.0 Å². The van der Waals surface area contributed by atoms with Crippen LogP contribution in [0.2, 0.25) is 5.02 Å². The number of aromatic nitrogens is 1. The molecule has 0 spiro atoms. The Bertz CT molecular complexity index is 422. The van der Waals surface area contributed by atoms with Gasteiger partial charge in [-0.25, -0.2) is 0 Å². The van der Waals surface area contributed by atoms with Crippen LogP contribution >= 0.6 is 11.6 Å². The minimum absolute atomic E-state index is 0.167.